The average Bonchev–Trinajstić information content (AvgIpc) is 2.29. The molecule has 0 atom stereocenters. The topological polar surface area (TPSA) is 58.6 Å². The first kappa shape index (κ1) is 10.5. The van der Waals surface area contributed by atoms with Crippen molar-refractivity contribution in [3.05, 3.63) is 46.5 Å². The van der Waals surface area contributed by atoms with E-state index in [-0.39, 0.29) is 11.5 Å². The van der Waals surface area contributed by atoms with Crippen LogP contribution in [-0.2, 0) is 0 Å². The van der Waals surface area contributed by atoms with Crippen molar-refractivity contribution in [2.75, 3.05) is 0 Å². The number of hydrogen-bond donors (Lipinski definition) is 1. The smallest absolute Gasteiger partial charge is 0.254 e. The van der Waals surface area contributed by atoms with E-state index < -0.39 is 0 Å². The zero-order valence-electron chi connectivity index (χ0n) is 9.27. The van der Waals surface area contributed by atoms with Crippen molar-refractivity contribution in [1.29, 1.82) is 0 Å². The van der Waals surface area contributed by atoms with Crippen molar-refractivity contribution in [3.8, 4) is 11.5 Å². The molecule has 0 saturated heterocycles. The summed E-state index contributed by atoms with van der Waals surface area (Å²) in [6.07, 6.45) is 3.29. The highest BCUT2D eigenvalue weighted by atomic mass is 16.1. The lowest BCUT2D eigenvalue weighted by molar-refractivity contribution is 0.831. The van der Waals surface area contributed by atoms with E-state index in [0.29, 0.717) is 17.1 Å². The molecule has 0 fully saturated rings. The van der Waals surface area contributed by atoms with Gasteiger partial charge < -0.3 is 4.98 Å². The van der Waals surface area contributed by atoms with Crippen LogP contribution in [0.1, 0.15) is 25.3 Å². The third kappa shape index (κ3) is 2.00. The molecule has 0 radical (unpaired) electrons. The SMILES string of the molecule is CC(C)c1cnc(-c2ccccn2)[nH]c1=O. The summed E-state index contributed by atoms with van der Waals surface area (Å²) >= 11 is 0. The van der Waals surface area contributed by atoms with Crippen LogP contribution in [0.2, 0.25) is 0 Å². The largest absolute Gasteiger partial charge is 0.305 e. The Labute approximate surface area is 93.4 Å². The Balaban J connectivity index is 2.47. The molecule has 0 unspecified atom stereocenters. The Morgan fingerprint density at radius 3 is 2.62 bits per heavy atom. The standard InChI is InChI=1S/C12H13N3O/c1-8(2)9-7-14-11(15-12(9)16)10-5-3-4-6-13-10/h3-8H,1-2H3,(H,14,15,16). The van der Waals surface area contributed by atoms with Crippen molar-refractivity contribution >= 4 is 0 Å². The maximum atomic E-state index is 11.7. The van der Waals surface area contributed by atoms with Crippen LogP contribution in [0.4, 0.5) is 0 Å². The zero-order valence-corrected chi connectivity index (χ0v) is 9.27. The molecule has 0 aliphatic carbocycles. The molecule has 2 rings (SSSR count). The van der Waals surface area contributed by atoms with Gasteiger partial charge >= 0.3 is 0 Å². The molecule has 4 heteroatoms. The summed E-state index contributed by atoms with van der Waals surface area (Å²) in [5.74, 6) is 0.684. The maximum absolute atomic E-state index is 11.7. The lowest BCUT2D eigenvalue weighted by Crippen LogP contribution is -2.15. The predicted molar refractivity (Wildman–Crippen MR) is 62.2 cm³/mol. The van der Waals surface area contributed by atoms with Gasteiger partial charge in [-0.2, -0.15) is 0 Å². The maximum Gasteiger partial charge on any atom is 0.254 e. The lowest BCUT2D eigenvalue weighted by Gasteiger charge is -2.04. The lowest BCUT2D eigenvalue weighted by atomic mass is 10.1. The minimum Gasteiger partial charge on any atom is -0.305 e. The number of nitrogens with zero attached hydrogens (tertiary/aromatic N) is 2. The second-order valence-electron chi connectivity index (χ2n) is 3.89. The van der Waals surface area contributed by atoms with Gasteiger partial charge in [-0.25, -0.2) is 4.98 Å². The number of rotatable bonds is 2. The third-order valence-electron chi connectivity index (χ3n) is 2.36. The molecular formula is C12H13N3O. The fourth-order valence-electron chi connectivity index (χ4n) is 1.45. The Kier molecular flexibility index (Phi) is 2.81. The van der Waals surface area contributed by atoms with E-state index in [2.05, 4.69) is 15.0 Å². The van der Waals surface area contributed by atoms with E-state index >= 15 is 0 Å². The predicted octanol–water partition coefficient (Wildman–Crippen LogP) is 1.96. The Bertz CT molecular complexity index is 531. The minimum atomic E-state index is -0.0920. The van der Waals surface area contributed by atoms with Crippen LogP contribution in [0.5, 0.6) is 0 Å². The van der Waals surface area contributed by atoms with Gasteiger partial charge in [-0.15, -0.1) is 0 Å². The number of nitrogens with one attached hydrogen (secondary N) is 1. The Morgan fingerprint density at radius 2 is 2.06 bits per heavy atom. The first-order chi connectivity index (χ1) is 7.68. The highest BCUT2D eigenvalue weighted by Crippen LogP contribution is 2.11. The molecule has 0 bridgehead atoms. The van der Waals surface area contributed by atoms with E-state index in [9.17, 15) is 4.79 Å². The van der Waals surface area contributed by atoms with Crippen LogP contribution >= 0.6 is 0 Å². The van der Waals surface area contributed by atoms with Gasteiger partial charge in [0.1, 0.15) is 5.69 Å². The van der Waals surface area contributed by atoms with Crippen LogP contribution in [0.25, 0.3) is 11.5 Å². The van der Waals surface area contributed by atoms with Crippen LogP contribution < -0.4 is 5.56 Å². The molecule has 82 valence electrons. The van der Waals surface area contributed by atoms with Gasteiger partial charge in [0, 0.05) is 18.0 Å². The zero-order chi connectivity index (χ0) is 11.5. The number of aromatic nitrogens is 3. The summed E-state index contributed by atoms with van der Waals surface area (Å²) < 4.78 is 0. The molecule has 2 heterocycles. The molecule has 0 amide bonds. The molecule has 0 aliphatic heterocycles. The van der Waals surface area contributed by atoms with Crippen molar-refractivity contribution < 1.29 is 0 Å². The van der Waals surface area contributed by atoms with Gasteiger partial charge in [-0.3, -0.25) is 9.78 Å². The van der Waals surface area contributed by atoms with E-state index in [1.165, 1.54) is 0 Å². The van der Waals surface area contributed by atoms with Crippen LogP contribution in [0.3, 0.4) is 0 Å². The molecule has 0 spiro atoms. The summed E-state index contributed by atoms with van der Waals surface area (Å²) in [5.41, 5.74) is 1.28. The molecule has 1 N–H and O–H groups in total. The van der Waals surface area contributed by atoms with E-state index in [0.717, 1.165) is 0 Å². The summed E-state index contributed by atoms with van der Waals surface area (Å²) in [6, 6.07) is 5.50. The first-order valence-corrected chi connectivity index (χ1v) is 5.19. The van der Waals surface area contributed by atoms with Gasteiger partial charge in [-0.05, 0) is 18.1 Å². The second kappa shape index (κ2) is 4.26. The summed E-state index contributed by atoms with van der Waals surface area (Å²) in [4.78, 5) is 22.8. The fourth-order valence-corrected chi connectivity index (χ4v) is 1.45. The second-order valence-corrected chi connectivity index (χ2v) is 3.89. The fraction of sp³-hybridized carbons (Fsp3) is 0.250. The van der Waals surface area contributed by atoms with E-state index in [1.807, 2.05) is 32.0 Å². The highest BCUT2D eigenvalue weighted by Gasteiger charge is 2.07. The normalized spacial score (nSPS) is 10.7. The third-order valence-corrected chi connectivity index (χ3v) is 2.36. The molecular weight excluding hydrogens is 202 g/mol. The van der Waals surface area contributed by atoms with Crippen LogP contribution in [0, 0.1) is 0 Å². The van der Waals surface area contributed by atoms with E-state index in [1.54, 1.807) is 12.4 Å². The number of aromatic amines is 1. The van der Waals surface area contributed by atoms with Crippen molar-refractivity contribution in [3.63, 3.8) is 0 Å². The summed E-state index contributed by atoms with van der Waals surface area (Å²) in [6.45, 7) is 3.93. The monoisotopic (exact) mass is 215 g/mol. The molecule has 4 nitrogen and oxygen atoms in total. The molecule has 2 aromatic rings. The van der Waals surface area contributed by atoms with Gasteiger partial charge in [0.25, 0.3) is 5.56 Å². The average molecular weight is 215 g/mol. The summed E-state index contributed by atoms with van der Waals surface area (Å²) in [5, 5.41) is 0. The number of pyridine rings is 1. The van der Waals surface area contributed by atoms with Crippen molar-refractivity contribution in [2.45, 2.75) is 19.8 Å². The molecule has 0 aliphatic rings. The van der Waals surface area contributed by atoms with Gasteiger partial charge in [0.15, 0.2) is 5.82 Å². The molecule has 2 aromatic heterocycles. The van der Waals surface area contributed by atoms with Crippen LogP contribution in [0.15, 0.2) is 35.4 Å². The van der Waals surface area contributed by atoms with Crippen molar-refractivity contribution in [1.82, 2.24) is 15.0 Å². The van der Waals surface area contributed by atoms with E-state index in [4.69, 9.17) is 0 Å². The number of H-pyrrole nitrogens is 1. The summed E-state index contributed by atoms with van der Waals surface area (Å²) in [7, 11) is 0. The van der Waals surface area contributed by atoms with Crippen molar-refractivity contribution in [2.24, 2.45) is 0 Å². The van der Waals surface area contributed by atoms with Crippen LogP contribution in [-0.4, -0.2) is 15.0 Å². The molecule has 0 saturated carbocycles. The van der Waals surface area contributed by atoms with Gasteiger partial charge in [-0.1, -0.05) is 19.9 Å². The first-order valence-electron chi connectivity index (χ1n) is 5.19. The number of hydrogen-bond acceptors (Lipinski definition) is 3. The minimum absolute atomic E-state index is 0.0920. The highest BCUT2D eigenvalue weighted by molar-refractivity contribution is 5.47. The molecule has 0 aromatic carbocycles. The van der Waals surface area contributed by atoms with Gasteiger partial charge in [0.05, 0.1) is 0 Å². The van der Waals surface area contributed by atoms with Gasteiger partial charge in [0.2, 0.25) is 0 Å². The Hall–Kier alpha value is -1.97. The quantitative estimate of drug-likeness (QED) is 0.833. The Morgan fingerprint density at radius 1 is 1.25 bits per heavy atom. The molecule has 16 heavy (non-hydrogen) atoms.